The van der Waals surface area contributed by atoms with Crippen LogP contribution < -0.4 is 5.56 Å². The predicted octanol–water partition coefficient (Wildman–Crippen LogP) is 3.03. The van der Waals surface area contributed by atoms with Gasteiger partial charge in [0, 0.05) is 12.1 Å². The maximum Gasteiger partial charge on any atom is 0.289 e. The molecule has 106 valence electrons. The van der Waals surface area contributed by atoms with Gasteiger partial charge in [0.2, 0.25) is 0 Å². The summed E-state index contributed by atoms with van der Waals surface area (Å²) in [5.41, 5.74) is 0.0712. The molecule has 1 atom stereocenters. The maximum atomic E-state index is 12.1. The quantitative estimate of drug-likeness (QED) is 0.505. The molecule has 0 amide bonds. The number of thiol groups is 1. The number of nitrogens with zero attached hydrogens (tertiary/aromatic N) is 2. The van der Waals surface area contributed by atoms with Gasteiger partial charge in [-0.3, -0.25) is 14.9 Å². The molecule has 1 aromatic heterocycles. The Labute approximate surface area is 125 Å². The Kier molecular flexibility index (Phi) is 5.61. The molecule has 0 radical (unpaired) electrons. The van der Waals surface area contributed by atoms with E-state index in [1.165, 1.54) is 10.8 Å². The molecule has 1 rings (SSSR count). The highest BCUT2D eigenvalue weighted by molar-refractivity contribution is 9.10. The van der Waals surface area contributed by atoms with Crippen LogP contribution in [0.4, 0.5) is 5.69 Å². The van der Waals surface area contributed by atoms with Gasteiger partial charge in [0.15, 0.2) is 0 Å². The van der Waals surface area contributed by atoms with Crippen LogP contribution in [0.2, 0.25) is 0 Å². The molecule has 5 nitrogen and oxygen atoms in total. The third kappa shape index (κ3) is 3.60. The highest BCUT2D eigenvalue weighted by Crippen LogP contribution is 2.23. The number of aromatic nitrogens is 1. The van der Waals surface area contributed by atoms with E-state index in [0.717, 1.165) is 0 Å². The molecule has 1 unspecified atom stereocenters. The van der Waals surface area contributed by atoms with Crippen molar-refractivity contribution in [2.75, 3.05) is 5.75 Å². The molecule has 1 aromatic rings. The van der Waals surface area contributed by atoms with E-state index in [1.54, 1.807) is 6.92 Å². The average Bonchev–Trinajstić information content (AvgIpc) is 2.34. The van der Waals surface area contributed by atoms with E-state index in [4.69, 9.17) is 0 Å². The monoisotopic (exact) mass is 348 g/mol. The van der Waals surface area contributed by atoms with Crippen molar-refractivity contribution >= 4 is 34.2 Å². The van der Waals surface area contributed by atoms with Crippen molar-refractivity contribution in [1.82, 2.24) is 4.57 Å². The van der Waals surface area contributed by atoms with Crippen LogP contribution in [0.5, 0.6) is 0 Å². The van der Waals surface area contributed by atoms with Crippen LogP contribution in [0.25, 0.3) is 0 Å². The zero-order valence-corrected chi connectivity index (χ0v) is 13.6. The van der Waals surface area contributed by atoms with Crippen LogP contribution in [0.15, 0.2) is 15.5 Å². The molecule has 0 aromatic carbocycles. The van der Waals surface area contributed by atoms with Gasteiger partial charge in [0.1, 0.15) is 0 Å². The van der Waals surface area contributed by atoms with Gasteiger partial charge in [-0.1, -0.05) is 13.8 Å². The Morgan fingerprint density at radius 1 is 1.53 bits per heavy atom. The molecular formula is C12H17BrN2O3S. The molecular weight excluding hydrogens is 332 g/mol. The topological polar surface area (TPSA) is 65.1 Å². The SMILES string of the molecule is Cc1c([N+](=O)[O-])cn(CC(CS)C(C)C)c(=O)c1Br. The van der Waals surface area contributed by atoms with Gasteiger partial charge in [-0.05, 0) is 40.4 Å². The molecule has 0 aliphatic rings. The number of halogens is 1. The maximum absolute atomic E-state index is 12.1. The number of hydrogen-bond donors (Lipinski definition) is 1. The average molecular weight is 349 g/mol. The van der Waals surface area contributed by atoms with Gasteiger partial charge in [-0.2, -0.15) is 12.6 Å². The van der Waals surface area contributed by atoms with Crippen molar-refractivity contribution in [3.63, 3.8) is 0 Å². The fourth-order valence-corrected chi connectivity index (χ4v) is 2.72. The minimum Gasteiger partial charge on any atom is -0.308 e. The fraction of sp³-hybridized carbons (Fsp3) is 0.583. The summed E-state index contributed by atoms with van der Waals surface area (Å²) in [7, 11) is 0. The second kappa shape index (κ2) is 6.56. The molecule has 19 heavy (non-hydrogen) atoms. The summed E-state index contributed by atoms with van der Waals surface area (Å²) < 4.78 is 1.65. The molecule has 0 fully saturated rings. The van der Waals surface area contributed by atoms with Crippen LogP contribution in [-0.2, 0) is 6.54 Å². The van der Waals surface area contributed by atoms with Crippen LogP contribution in [-0.4, -0.2) is 15.2 Å². The Balaban J connectivity index is 3.29. The van der Waals surface area contributed by atoms with E-state index in [2.05, 4.69) is 28.6 Å². The number of pyridine rings is 1. The van der Waals surface area contributed by atoms with E-state index in [9.17, 15) is 14.9 Å². The summed E-state index contributed by atoms with van der Waals surface area (Å²) >= 11 is 7.41. The molecule has 0 N–H and O–H groups in total. The Hall–Kier alpha value is -0.820. The lowest BCUT2D eigenvalue weighted by atomic mass is 9.98. The van der Waals surface area contributed by atoms with Crippen LogP contribution >= 0.6 is 28.6 Å². The highest BCUT2D eigenvalue weighted by Gasteiger charge is 2.20. The summed E-state index contributed by atoms with van der Waals surface area (Å²) in [6.45, 7) is 6.08. The zero-order chi connectivity index (χ0) is 14.7. The van der Waals surface area contributed by atoms with Gasteiger partial charge in [0.25, 0.3) is 11.2 Å². The van der Waals surface area contributed by atoms with Gasteiger partial charge >= 0.3 is 0 Å². The molecule has 0 spiro atoms. The van der Waals surface area contributed by atoms with Crippen molar-refractivity contribution in [2.24, 2.45) is 11.8 Å². The number of hydrogen-bond acceptors (Lipinski definition) is 4. The minimum absolute atomic E-state index is 0.0480. The molecule has 0 saturated heterocycles. The van der Waals surface area contributed by atoms with Crippen molar-refractivity contribution in [3.05, 3.63) is 36.7 Å². The normalized spacial score (nSPS) is 12.7. The van der Waals surface area contributed by atoms with Crippen molar-refractivity contribution < 1.29 is 4.92 Å². The van der Waals surface area contributed by atoms with Gasteiger partial charge in [-0.25, -0.2) is 0 Å². The van der Waals surface area contributed by atoms with Gasteiger partial charge in [-0.15, -0.1) is 0 Å². The Morgan fingerprint density at radius 2 is 2.11 bits per heavy atom. The van der Waals surface area contributed by atoms with Gasteiger partial charge < -0.3 is 4.57 Å². The van der Waals surface area contributed by atoms with Crippen LogP contribution in [0.1, 0.15) is 19.4 Å². The predicted molar refractivity (Wildman–Crippen MR) is 82.0 cm³/mol. The first kappa shape index (κ1) is 16.2. The molecule has 7 heteroatoms. The largest absolute Gasteiger partial charge is 0.308 e. The second-order valence-corrected chi connectivity index (χ2v) is 6.01. The molecule has 0 saturated carbocycles. The van der Waals surface area contributed by atoms with Crippen LogP contribution in [0, 0.1) is 28.9 Å². The number of rotatable bonds is 5. The lowest BCUT2D eigenvalue weighted by Crippen LogP contribution is -2.28. The van der Waals surface area contributed by atoms with E-state index >= 15 is 0 Å². The fourth-order valence-electron chi connectivity index (χ4n) is 1.75. The standard InChI is InChI=1S/C12H17BrN2O3S/c1-7(2)9(6-19)4-14-5-10(15(17)18)8(3)11(13)12(14)16/h5,7,9,19H,4,6H2,1-3H3. The first-order valence-electron chi connectivity index (χ1n) is 5.94. The van der Waals surface area contributed by atoms with Crippen molar-refractivity contribution in [3.8, 4) is 0 Å². The second-order valence-electron chi connectivity index (χ2n) is 4.85. The van der Waals surface area contributed by atoms with E-state index in [1.807, 2.05) is 13.8 Å². The minimum atomic E-state index is -0.471. The summed E-state index contributed by atoms with van der Waals surface area (Å²) in [6, 6.07) is 0. The molecule has 1 heterocycles. The highest BCUT2D eigenvalue weighted by atomic mass is 79.9. The first-order chi connectivity index (χ1) is 8.79. The zero-order valence-electron chi connectivity index (χ0n) is 11.1. The van der Waals surface area contributed by atoms with Crippen molar-refractivity contribution in [1.29, 1.82) is 0 Å². The summed E-state index contributed by atoms with van der Waals surface area (Å²) in [6.07, 6.45) is 1.32. The molecule has 0 bridgehead atoms. The third-order valence-electron chi connectivity index (χ3n) is 3.25. The lowest BCUT2D eigenvalue weighted by Gasteiger charge is -2.20. The number of nitro groups is 1. The Morgan fingerprint density at radius 3 is 2.53 bits per heavy atom. The van der Waals surface area contributed by atoms with E-state index in [0.29, 0.717) is 23.8 Å². The first-order valence-corrected chi connectivity index (χ1v) is 7.36. The summed E-state index contributed by atoms with van der Waals surface area (Å²) in [4.78, 5) is 22.6. The van der Waals surface area contributed by atoms with E-state index in [-0.39, 0.29) is 21.6 Å². The Bertz CT molecular complexity index is 543. The smallest absolute Gasteiger partial charge is 0.289 e. The van der Waals surface area contributed by atoms with E-state index < -0.39 is 4.92 Å². The third-order valence-corrected chi connectivity index (χ3v) is 4.65. The van der Waals surface area contributed by atoms with Gasteiger partial charge in [0.05, 0.1) is 15.6 Å². The molecule has 0 aliphatic carbocycles. The van der Waals surface area contributed by atoms with Crippen LogP contribution in [0.3, 0.4) is 0 Å². The lowest BCUT2D eigenvalue weighted by molar-refractivity contribution is -0.386. The summed E-state index contributed by atoms with van der Waals surface area (Å²) in [5, 5.41) is 11.0. The van der Waals surface area contributed by atoms with Crippen molar-refractivity contribution in [2.45, 2.75) is 27.3 Å². The molecule has 0 aliphatic heterocycles. The summed E-state index contributed by atoms with van der Waals surface area (Å²) in [5.74, 6) is 1.17.